The van der Waals surface area contributed by atoms with Gasteiger partial charge in [0.05, 0.1) is 19.3 Å². The molecule has 1 heterocycles. The van der Waals surface area contributed by atoms with Gasteiger partial charge in [-0.05, 0) is 6.92 Å². The zero-order valence-corrected chi connectivity index (χ0v) is 9.64. The van der Waals surface area contributed by atoms with Crippen molar-refractivity contribution in [1.29, 1.82) is 0 Å². The summed E-state index contributed by atoms with van der Waals surface area (Å²) >= 11 is 0. The summed E-state index contributed by atoms with van der Waals surface area (Å²) in [7, 11) is 1.92. The van der Waals surface area contributed by atoms with Gasteiger partial charge in [0.15, 0.2) is 0 Å². The SMILES string of the molecule is CO[SiH](CC(C)OCC1CO1)OC. The van der Waals surface area contributed by atoms with Crippen molar-refractivity contribution in [3.8, 4) is 0 Å². The van der Waals surface area contributed by atoms with E-state index in [1.54, 1.807) is 14.2 Å². The van der Waals surface area contributed by atoms with Gasteiger partial charge in [0.25, 0.3) is 0 Å². The van der Waals surface area contributed by atoms with Crippen LogP contribution in [0.15, 0.2) is 0 Å². The fourth-order valence-corrected chi connectivity index (χ4v) is 2.32. The molecule has 1 fully saturated rings. The summed E-state index contributed by atoms with van der Waals surface area (Å²) in [5, 5.41) is 0. The van der Waals surface area contributed by atoms with Gasteiger partial charge in [-0.2, -0.15) is 0 Å². The third-order valence-electron chi connectivity index (χ3n) is 2.02. The zero-order chi connectivity index (χ0) is 9.68. The number of ether oxygens (including phenoxy) is 2. The summed E-state index contributed by atoms with van der Waals surface area (Å²) in [6.07, 6.45) is 0.549. The van der Waals surface area contributed by atoms with E-state index >= 15 is 0 Å². The summed E-state index contributed by atoms with van der Waals surface area (Å²) in [6.45, 7) is 3.60. The smallest absolute Gasteiger partial charge is 0.323 e. The molecule has 1 aliphatic heterocycles. The molecule has 0 aromatic carbocycles. The molecule has 78 valence electrons. The lowest BCUT2D eigenvalue weighted by molar-refractivity contribution is 0.0605. The Hall–Kier alpha value is 0.0569. The Balaban J connectivity index is 2.03. The van der Waals surface area contributed by atoms with Gasteiger partial charge in [-0.3, -0.25) is 0 Å². The molecule has 1 saturated heterocycles. The molecule has 0 saturated carbocycles. The minimum Gasteiger partial charge on any atom is -0.400 e. The molecule has 1 rings (SSSR count). The van der Waals surface area contributed by atoms with Crippen molar-refractivity contribution >= 4 is 9.28 Å². The predicted octanol–water partition coefficient (Wildman–Crippen LogP) is 0.304. The van der Waals surface area contributed by atoms with Crippen LogP contribution in [0.2, 0.25) is 6.04 Å². The van der Waals surface area contributed by atoms with Crippen molar-refractivity contribution in [2.45, 2.75) is 25.2 Å². The lowest BCUT2D eigenvalue weighted by Crippen LogP contribution is -2.26. The molecule has 0 spiro atoms. The fraction of sp³-hybridized carbons (Fsp3) is 1.00. The normalized spacial score (nSPS) is 23.5. The molecule has 0 radical (unpaired) electrons. The van der Waals surface area contributed by atoms with Crippen LogP contribution in [0.5, 0.6) is 0 Å². The largest absolute Gasteiger partial charge is 0.400 e. The molecule has 2 unspecified atom stereocenters. The van der Waals surface area contributed by atoms with Crippen LogP contribution in [0.1, 0.15) is 6.92 Å². The Kier molecular flexibility index (Phi) is 4.90. The van der Waals surface area contributed by atoms with Crippen LogP contribution >= 0.6 is 0 Å². The maximum absolute atomic E-state index is 5.55. The molecule has 0 aliphatic carbocycles. The fourth-order valence-electron chi connectivity index (χ4n) is 1.06. The van der Waals surface area contributed by atoms with Crippen LogP contribution in [0.4, 0.5) is 0 Å². The minimum absolute atomic E-state index is 0.209. The lowest BCUT2D eigenvalue weighted by Gasteiger charge is -2.16. The quantitative estimate of drug-likeness (QED) is 0.444. The molecular weight excluding hydrogens is 188 g/mol. The second-order valence-electron chi connectivity index (χ2n) is 3.24. The molecule has 0 N–H and O–H groups in total. The Labute approximate surface area is 81.0 Å². The van der Waals surface area contributed by atoms with Crippen LogP contribution in [0, 0.1) is 0 Å². The van der Waals surface area contributed by atoms with Crippen LogP contribution in [-0.2, 0) is 18.3 Å². The van der Waals surface area contributed by atoms with E-state index < -0.39 is 9.28 Å². The van der Waals surface area contributed by atoms with Gasteiger partial charge in [-0.1, -0.05) is 0 Å². The van der Waals surface area contributed by atoms with E-state index in [-0.39, 0.29) is 6.10 Å². The molecule has 2 atom stereocenters. The molecule has 13 heavy (non-hydrogen) atoms. The Morgan fingerprint density at radius 3 is 2.54 bits per heavy atom. The molecule has 0 aromatic heterocycles. The summed E-state index contributed by atoms with van der Waals surface area (Å²) in [5.74, 6) is 0. The highest BCUT2D eigenvalue weighted by molar-refractivity contribution is 6.44. The molecular formula is C8H18O4Si. The van der Waals surface area contributed by atoms with Gasteiger partial charge in [-0.25, -0.2) is 0 Å². The third kappa shape index (κ3) is 4.73. The summed E-state index contributed by atoms with van der Waals surface area (Å²) in [4.78, 5) is 0. The minimum atomic E-state index is -1.46. The second-order valence-corrected chi connectivity index (χ2v) is 5.51. The van der Waals surface area contributed by atoms with Crippen molar-refractivity contribution in [1.82, 2.24) is 0 Å². The van der Waals surface area contributed by atoms with Gasteiger partial charge in [-0.15, -0.1) is 0 Å². The Bertz CT molecular complexity index is 136. The van der Waals surface area contributed by atoms with Gasteiger partial charge < -0.3 is 18.3 Å². The third-order valence-corrected chi connectivity index (χ3v) is 4.12. The number of hydrogen-bond donors (Lipinski definition) is 0. The van der Waals surface area contributed by atoms with Crippen molar-refractivity contribution in [2.75, 3.05) is 27.4 Å². The highest BCUT2D eigenvalue weighted by atomic mass is 28.3. The van der Waals surface area contributed by atoms with Crippen LogP contribution < -0.4 is 0 Å². The van der Waals surface area contributed by atoms with E-state index in [2.05, 4.69) is 0 Å². The maximum Gasteiger partial charge on any atom is 0.323 e. The second kappa shape index (κ2) is 5.72. The molecule has 5 heteroatoms. The van der Waals surface area contributed by atoms with Crippen LogP contribution in [0.3, 0.4) is 0 Å². The molecule has 4 nitrogen and oxygen atoms in total. The van der Waals surface area contributed by atoms with E-state index in [9.17, 15) is 0 Å². The summed E-state index contributed by atoms with van der Waals surface area (Å²) in [6, 6.07) is 0.889. The van der Waals surface area contributed by atoms with E-state index in [4.69, 9.17) is 18.3 Å². The van der Waals surface area contributed by atoms with E-state index in [0.717, 1.165) is 12.7 Å². The Morgan fingerprint density at radius 2 is 2.08 bits per heavy atom. The van der Waals surface area contributed by atoms with Crippen molar-refractivity contribution in [2.24, 2.45) is 0 Å². The topological polar surface area (TPSA) is 40.2 Å². The van der Waals surface area contributed by atoms with E-state index in [1.807, 2.05) is 6.92 Å². The van der Waals surface area contributed by atoms with Gasteiger partial charge in [0.1, 0.15) is 6.10 Å². The van der Waals surface area contributed by atoms with Crippen LogP contribution in [-0.4, -0.2) is 48.9 Å². The summed E-state index contributed by atoms with van der Waals surface area (Å²) in [5.41, 5.74) is 0. The maximum atomic E-state index is 5.55. The monoisotopic (exact) mass is 206 g/mol. The first-order chi connectivity index (χ1) is 6.26. The lowest BCUT2D eigenvalue weighted by atomic mass is 10.4. The first kappa shape index (κ1) is 11.1. The molecule has 0 bridgehead atoms. The first-order valence-electron chi connectivity index (χ1n) is 4.55. The molecule has 0 amide bonds. The Morgan fingerprint density at radius 1 is 1.46 bits per heavy atom. The van der Waals surface area contributed by atoms with E-state index in [0.29, 0.717) is 12.7 Å². The highest BCUT2D eigenvalue weighted by Gasteiger charge is 2.24. The standard InChI is InChI=1S/C8H18O4Si/c1-7(6-13(9-2)10-3)11-4-8-5-12-8/h7-8,13H,4-6H2,1-3H3. The average Bonchev–Trinajstić information content (AvgIpc) is 2.94. The van der Waals surface area contributed by atoms with Crippen molar-refractivity contribution in [3.05, 3.63) is 0 Å². The van der Waals surface area contributed by atoms with Crippen molar-refractivity contribution < 1.29 is 18.3 Å². The molecule has 1 aliphatic rings. The van der Waals surface area contributed by atoms with Gasteiger partial charge in [0.2, 0.25) is 0 Å². The molecule has 0 aromatic rings. The van der Waals surface area contributed by atoms with Crippen LogP contribution in [0.25, 0.3) is 0 Å². The number of rotatable bonds is 7. The average molecular weight is 206 g/mol. The van der Waals surface area contributed by atoms with Crippen molar-refractivity contribution in [3.63, 3.8) is 0 Å². The van der Waals surface area contributed by atoms with Gasteiger partial charge >= 0.3 is 9.28 Å². The highest BCUT2D eigenvalue weighted by Crippen LogP contribution is 2.12. The summed E-state index contributed by atoms with van der Waals surface area (Å²) < 4.78 is 21.0. The zero-order valence-electron chi connectivity index (χ0n) is 8.49. The number of hydrogen-bond acceptors (Lipinski definition) is 4. The first-order valence-corrected chi connectivity index (χ1v) is 6.31. The predicted molar refractivity (Wildman–Crippen MR) is 51.1 cm³/mol. The van der Waals surface area contributed by atoms with E-state index in [1.165, 1.54) is 0 Å². The number of epoxide rings is 1. The van der Waals surface area contributed by atoms with Gasteiger partial charge in [0, 0.05) is 20.3 Å².